The van der Waals surface area contributed by atoms with Crippen LogP contribution in [0.15, 0.2) is 12.1 Å². The van der Waals surface area contributed by atoms with Crippen molar-refractivity contribution in [2.24, 2.45) is 0 Å². The molecule has 0 aliphatic heterocycles. The van der Waals surface area contributed by atoms with Crippen molar-refractivity contribution in [2.75, 3.05) is 13.2 Å². The van der Waals surface area contributed by atoms with Crippen molar-refractivity contribution in [3.8, 4) is 6.07 Å². The molecule has 92 valence electrons. The first-order valence-electron chi connectivity index (χ1n) is 5.38. The molecule has 0 aromatic heterocycles. The summed E-state index contributed by atoms with van der Waals surface area (Å²) in [6, 6.07) is 3.73. The highest BCUT2D eigenvalue weighted by Gasteiger charge is 2.10. The number of rotatable bonds is 6. The molecule has 17 heavy (non-hydrogen) atoms. The third kappa shape index (κ3) is 4.10. The number of nitrogens with zero attached hydrogens (tertiary/aromatic N) is 1. The zero-order valence-electron chi connectivity index (χ0n) is 9.34. The maximum atomic E-state index is 13.4. The fourth-order valence-electron chi connectivity index (χ4n) is 1.41. The molecular formula is C12H14F2N2O. The zero-order chi connectivity index (χ0) is 12.7. The fourth-order valence-corrected chi connectivity index (χ4v) is 1.41. The first kappa shape index (κ1) is 13.6. The van der Waals surface area contributed by atoms with Gasteiger partial charge in [0.25, 0.3) is 0 Å². The van der Waals surface area contributed by atoms with Gasteiger partial charge in [0, 0.05) is 18.7 Å². The van der Waals surface area contributed by atoms with Crippen molar-refractivity contribution in [2.45, 2.75) is 19.4 Å². The molecule has 1 aromatic carbocycles. The van der Waals surface area contributed by atoms with E-state index >= 15 is 0 Å². The topological polar surface area (TPSA) is 56.0 Å². The van der Waals surface area contributed by atoms with E-state index in [-0.39, 0.29) is 24.3 Å². The van der Waals surface area contributed by atoms with Crippen LogP contribution in [0, 0.1) is 23.0 Å². The van der Waals surface area contributed by atoms with Crippen molar-refractivity contribution in [1.29, 1.82) is 5.26 Å². The molecule has 0 amide bonds. The molecule has 0 aliphatic rings. The van der Waals surface area contributed by atoms with Crippen LogP contribution in [0.4, 0.5) is 8.78 Å². The fraction of sp³-hybridized carbons (Fsp3) is 0.417. The average molecular weight is 240 g/mol. The Hall–Kier alpha value is -1.51. The van der Waals surface area contributed by atoms with Crippen molar-refractivity contribution in [1.82, 2.24) is 5.32 Å². The number of aliphatic hydroxyl groups is 1. The van der Waals surface area contributed by atoms with E-state index in [1.165, 1.54) is 0 Å². The molecule has 0 unspecified atom stereocenters. The molecule has 0 aliphatic carbocycles. The van der Waals surface area contributed by atoms with E-state index in [9.17, 15) is 8.78 Å². The van der Waals surface area contributed by atoms with Crippen LogP contribution < -0.4 is 5.32 Å². The van der Waals surface area contributed by atoms with Crippen LogP contribution in [0.1, 0.15) is 24.0 Å². The molecule has 0 saturated heterocycles. The van der Waals surface area contributed by atoms with E-state index in [1.54, 1.807) is 6.07 Å². The summed E-state index contributed by atoms with van der Waals surface area (Å²) in [5.41, 5.74) is -0.0861. The first-order valence-corrected chi connectivity index (χ1v) is 5.38. The highest BCUT2D eigenvalue weighted by molar-refractivity contribution is 5.34. The number of benzene rings is 1. The van der Waals surface area contributed by atoms with Crippen LogP contribution in [0.5, 0.6) is 0 Å². The number of hydrogen-bond acceptors (Lipinski definition) is 3. The summed E-state index contributed by atoms with van der Waals surface area (Å²) in [5.74, 6) is -1.42. The number of nitrogens with one attached hydrogen (secondary N) is 1. The zero-order valence-corrected chi connectivity index (χ0v) is 9.34. The number of hydrogen-bond donors (Lipinski definition) is 2. The summed E-state index contributed by atoms with van der Waals surface area (Å²) in [6.07, 6.45) is 1.40. The third-order valence-corrected chi connectivity index (χ3v) is 2.33. The Labute approximate surface area is 98.7 Å². The predicted octanol–water partition coefficient (Wildman–Crippen LogP) is 1.70. The van der Waals surface area contributed by atoms with Gasteiger partial charge in [-0.1, -0.05) is 0 Å². The molecule has 0 bridgehead atoms. The van der Waals surface area contributed by atoms with Crippen LogP contribution >= 0.6 is 0 Å². The maximum Gasteiger partial charge on any atom is 0.131 e. The molecule has 1 rings (SSSR count). The van der Waals surface area contributed by atoms with E-state index < -0.39 is 11.6 Å². The number of nitriles is 1. The van der Waals surface area contributed by atoms with Gasteiger partial charge < -0.3 is 10.4 Å². The first-order chi connectivity index (χ1) is 8.19. The Morgan fingerprint density at radius 1 is 1.24 bits per heavy atom. The van der Waals surface area contributed by atoms with Crippen molar-refractivity contribution in [3.05, 3.63) is 34.9 Å². The van der Waals surface area contributed by atoms with Crippen LogP contribution in [0.25, 0.3) is 0 Å². The van der Waals surface area contributed by atoms with Crippen LogP contribution in [-0.2, 0) is 6.54 Å². The van der Waals surface area contributed by atoms with E-state index in [0.717, 1.165) is 18.6 Å². The minimum atomic E-state index is -0.712. The smallest absolute Gasteiger partial charge is 0.131 e. The molecule has 0 atom stereocenters. The lowest BCUT2D eigenvalue weighted by atomic mass is 10.1. The number of unbranched alkanes of at least 4 members (excludes halogenated alkanes) is 1. The Balaban J connectivity index is 2.57. The number of halogens is 2. The second kappa shape index (κ2) is 6.94. The molecule has 0 fully saturated rings. The van der Waals surface area contributed by atoms with Crippen molar-refractivity contribution in [3.63, 3.8) is 0 Å². The van der Waals surface area contributed by atoms with Crippen LogP contribution in [0.3, 0.4) is 0 Å². The van der Waals surface area contributed by atoms with Crippen molar-refractivity contribution < 1.29 is 13.9 Å². The van der Waals surface area contributed by atoms with Crippen LogP contribution in [0.2, 0.25) is 0 Å². The quantitative estimate of drug-likeness (QED) is 0.744. The lowest BCUT2D eigenvalue weighted by molar-refractivity contribution is 0.283. The predicted molar refractivity (Wildman–Crippen MR) is 59.1 cm³/mol. The average Bonchev–Trinajstić information content (AvgIpc) is 2.31. The molecule has 0 radical (unpaired) electrons. The molecule has 2 N–H and O–H groups in total. The molecule has 5 heteroatoms. The van der Waals surface area contributed by atoms with Gasteiger partial charge in [0.05, 0.1) is 11.6 Å². The third-order valence-electron chi connectivity index (χ3n) is 2.33. The van der Waals surface area contributed by atoms with Gasteiger partial charge in [0.15, 0.2) is 0 Å². The molecule has 1 aromatic rings. The second-order valence-corrected chi connectivity index (χ2v) is 3.64. The lowest BCUT2D eigenvalue weighted by Gasteiger charge is -2.07. The van der Waals surface area contributed by atoms with Crippen LogP contribution in [-0.4, -0.2) is 18.3 Å². The van der Waals surface area contributed by atoms with Gasteiger partial charge in [-0.05, 0) is 31.5 Å². The Morgan fingerprint density at radius 3 is 2.41 bits per heavy atom. The van der Waals surface area contributed by atoms with Gasteiger partial charge in [-0.2, -0.15) is 5.26 Å². The molecule has 0 spiro atoms. The monoisotopic (exact) mass is 240 g/mol. The van der Waals surface area contributed by atoms with E-state index in [0.29, 0.717) is 13.0 Å². The summed E-state index contributed by atoms with van der Waals surface area (Å²) >= 11 is 0. The van der Waals surface area contributed by atoms with Gasteiger partial charge in [0.2, 0.25) is 0 Å². The van der Waals surface area contributed by atoms with Gasteiger partial charge in [0.1, 0.15) is 11.6 Å². The molecule has 3 nitrogen and oxygen atoms in total. The SMILES string of the molecule is N#Cc1cc(F)c(CNCCCCO)c(F)c1. The Kier molecular flexibility index (Phi) is 5.53. The normalized spacial score (nSPS) is 10.2. The van der Waals surface area contributed by atoms with Gasteiger partial charge in [-0.15, -0.1) is 0 Å². The van der Waals surface area contributed by atoms with E-state index in [2.05, 4.69) is 5.32 Å². The molecule has 0 saturated carbocycles. The maximum absolute atomic E-state index is 13.4. The number of aliphatic hydroxyl groups excluding tert-OH is 1. The summed E-state index contributed by atoms with van der Waals surface area (Å²) < 4.78 is 26.8. The summed E-state index contributed by atoms with van der Waals surface area (Å²) in [5, 5.41) is 20.0. The Bertz CT molecular complexity index is 392. The van der Waals surface area contributed by atoms with Gasteiger partial charge in [-0.3, -0.25) is 0 Å². The molecule has 0 heterocycles. The molecular weight excluding hydrogens is 226 g/mol. The van der Waals surface area contributed by atoms with Gasteiger partial charge >= 0.3 is 0 Å². The van der Waals surface area contributed by atoms with E-state index in [4.69, 9.17) is 10.4 Å². The summed E-state index contributed by atoms with van der Waals surface area (Å²) in [7, 11) is 0. The van der Waals surface area contributed by atoms with Crippen molar-refractivity contribution >= 4 is 0 Å². The largest absolute Gasteiger partial charge is 0.396 e. The summed E-state index contributed by atoms with van der Waals surface area (Å²) in [6.45, 7) is 0.773. The lowest BCUT2D eigenvalue weighted by Crippen LogP contribution is -2.17. The second-order valence-electron chi connectivity index (χ2n) is 3.64. The minimum absolute atomic E-state index is 0.0240. The van der Waals surface area contributed by atoms with E-state index in [1.807, 2.05) is 0 Å². The standard InChI is InChI=1S/C12H14F2N2O/c13-11-5-9(7-15)6-12(14)10(11)8-16-3-1-2-4-17/h5-6,16-17H,1-4,8H2. The Morgan fingerprint density at radius 2 is 1.88 bits per heavy atom. The minimum Gasteiger partial charge on any atom is -0.396 e. The van der Waals surface area contributed by atoms with Gasteiger partial charge in [-0.25, -0.2) is 8.78 Å². The highest BCUT2D eigenvalue weighted by Crippen LogP contribution is 2.14. The highest BCUT2D eigenvalue weighted by atomic mass is 19.1. The summed E-state index contributed by atoms with van der Waals surface area (Å²) in [4.78, 5) is 0.